The van der Waals surface area contributed by atoms with E-state index in [1.54, 1.807) is 24.7 Å². The zero-order valence-electron chi connectivity index (χ0n) is 21.0. The van der Waals surface area contributed by atoms with Gasteiger partial charge in [-0.1, -0.05) is 18.7 Å². The predicted octanol–water partition coefficient (Wildman–Crippen LogP) is 3.09. The molecular formula is C26H33FN6O3S. The number of sulfonamides is 1. The molecular weight excluding hydrogens is 495 g/mol. The maximum Gasteiger partial charge on any atom is 0.211 e. The molecule has 2 N–H and O–H groups in total. The quantitative estimate of drug-likeness (QED) is 0.267. The molecule has 3 aliphatic heterocycles. The highest BCUT2D eigenvalue weighted by atomic mass is 32.2. The van der Waals surface area contributed by atoms with Crippen molar-refractivity contribution in [2.45, 2.75) is 37.8 Å². The number of piperidine rings is 2. The number of guanidine groups is 1. The summed E-state index contributed by atoms with van der Waals surface area (Å²) in [5, 5.41) is 0. The molecule has 0 saturated carbocycles. The van der Waals surface area contributed by atoms with E-state index in [0.29, 0.717) is 37.9 Å². The van der Waals surface area contributed by atoms with Crippen LogP contribution in [0.25, 0.3) is 11.3 Å². The standard InChI is InChI=1S/C26H33FN6O3S/c1-3-19(36-20-6-5-11-32(16-20)37(2,34)35)14-30-26(28)31-12-9-18(10-13-31)25-24-21(7-4-8-22(24)27)23-15-29-17-33(23)25/h3-4,7-8,14-15,17-18,20,25H,1,5-6,9-13,16H2,2H3,(H2,28,30)/b19-14+. The van der Waals surface area contributed by atoms with Crippen molar-refractivity contribution < 1.29 is 17.5 Å². The van der Waals surface area contributed by atoms with Gasteiger partial charge in [-0.05, 0) is 43.7 Å². The second-order valence-corrected chi connectivity index (χ2v) is 11.9. The van der Waals surface area contributed by atoms with Crippen molar-refractivity contribution in [3.05, 3.63) is 66.7 Å². The number of aromatic nitrogens is 2. The maximum atomic E-state index is 14.9. The highest BCUT2D eigenvalue weighted by molar-refractivity contribution is 7.88. The van der Waals surface area contributed by atoms with Gasteiger partial charge < -0.3 is 19.9 Å². The van der Waals surface area contributed by atoms with Crippen LogP contribution < -0.4 is 5.73 Å². The topological polar surface area (TPSA) is 106 Å². The number of halogens is 1. The lowest BCUT2D eigenvalue weighted by molar-refractivity contribution is 0.0740. The Morgan fingerprint density at radius 3 is 2.78 bits per heavy atom. The van der Waals surface area contributed by atoms with Gasteiger partial charge in [-0.2, -0.15) is 4.31 Å². The van der Waals surface area contributed by atoms with Crippen LogP contribution in [0.5, 0.6) is 0 Å². The van der Waals surface area contributed by atoms with Gasteiger partial charge in [0, 0.05) is 30.8 Å². The van der Waals surface area contributed by atoms with Gasteiger partial charge in [-0.3, -0.25) is 0 Å². The SMILES string of the molecule is C=C/C(=C\N=C(N)N1CCC(C2c3c(F)cccc3-c3cncn32)CC1)OC1CCCN(S(C)(=O)=O)C1. The predicted molar refractivity (Wildman–Crippen MR) is 140 cm³/mol. The fraction of sp³-hybridized carbons (Fsp3) is 0.462. The molecule has 0 radical (unpaired) electrons. The van der Waals surface area contributed by atoms with Gasteiger partial charge in [-0.25, -0.2) is 22.8 Å². The number of nitrogens with two attached hydrogens (primary N) is 1. The lowest BCUT2D eigenvalue weighted by atomic mass is 9.85. The molecule has 0 amide bonds. The molecule has 2 aromatic rings. The fourth-order valence-corrected chi connectivity index (χ4v) is 6.58. The number of hydrogen-bond donors (Lipinski definition) is 1. The Labute approximate surface area is 217 Å². The summed E-state index contributed by atoms with van der Waals surface area (Å²) in [7, 11) is -3.26. The lowest BCUT2D eigenvalue weighted by Crippen LogP contribution is -2.44. The van der Waals surface area contributed by atoms with E-state index in [-0.39, 0.29) is 23.9 Å². The molecule has 1 aromatic carbocycles. The maximum absolute atomic E-state index is 14.9. The van der Waals surface area contributed by atoms with E-state index in [1.165, 1.54) is 22.8 Å². The summed E-state index contributed by atoms with van der Waals surface area (Å²) in [4.78, 5) is 10.7. The Hall–Kier alpha value is -3.18. The molecule has 37 heavy (non-hydrogen) atoms. The number of fused-ring (bicyclic) bond motifs is 3. The number of aliphatic imine (C=N–C) groups is 1. The third kappa shape index (κ3) is 5.15. The van der Waals surface area contributed by atoms with Crippen LogP contribution in [0.2, 0.25) is 0 Å². The Morgan fingerprint density at radius 1 is 1.27 bits per heavy atom. The van der Waals surface area contributed by atoms with Gasteiger partial charge in [0.15, 0.2) is 5.96 Å². The molecule has 2 saturated heterocycles. The van der Waals surface area contributed by atoms with E-state index >= 15 is 0 Å². The molecule has 0 bridgehead atoms. The van der Waals surface area contributed by atoms with E-state index in [1.807, 2.05) is 11.0 Å². The zero-order chi connectivity index (χ0) is 26.2. The molecule has 5 rings (SSSR count). The minimum absolute atomic E-state index is 0.0725. The number of benzene rings is 1. The van der Waals surface area contributed by atoms with Gasteiger partial charge >= 0.3 is 0 Å². The van der Waals surface area contributed by atoms with Crippen LogP contribution in [-0.4, -0.2) is 71.7 Å². The summed E-state index contributed by atoms with van der Waals surface area (Å²) in [6.45, 7) is 6.01. The van der Waals surface area contributed by atoms with Crippen LogP contribution in [0.4, 0.5) is 4.39 Å². The first kappa shape index (κ1) is 25.5. The molecule has 0 spiro atoms. The van der Waals surface area contributed by atoms with Gasteiger partial charge in [0.05, 0.1) is 43.3 Å². The smallest absolute Gasteiger partial charge is 0.211 e. The number of likely N-dealkylation sites (tertiary alicyclic amines) is 1. The van der Waals surface area contributed by atoms with Crippen LogP contribution in [0.15, 0.2) is 60.3 Å². The summed E-state index contributed by atoms with van der Waals surface area (Å²) < 4.78 is 48.1. The first-order valence-electron chi connectivity index (χ1n) is 12.6. The lowest BCUT2D eigenvalue weighted by Gasteiger charge is -2.36. The molecule has 2 unspecified atom stereocenters. The van der Waals surface area contributed by atoms with Gasteiger partial charge in [0.1, 0.15) is 17.7 Å². The minimum atomic E-state index is -3.26. The summed E-state index contributed by atoms with van der Waals surface area (Å²) in [5.74, 6) is 0.907. The average Bonchev–Trinajstić information content (AvgIpc) is 3.48. The second-order valence-electron chi connectivity index (χ2n) is 9.88. The summed E-state index contributed by atoms with van der Waals surface area (Å²) in [6.07, 6.45) is 10.8. The number of nitrogens with zero attached hydrogens (tertiary/aromatic N) is 5. The summed E-state index contributed by atoms with van der Waals surface area (Å²) in [5.41, 5.74) is 8.94. The third-order valence-electron chi connectivity index (χ3n) is 7.54. The second kappa shape index (κ2) is 10.3. The number of allylic oxidation sites excluding steroid dienone is 1. The van der Waals surface area contributed by atoms with Crippen molar-refractivity contribution in [3.63, 3.8) is 0 Å². The molecule has 2 atom stereocenters. The van der Waals surface area contributed by atoms with E-state index in [2.05, 4.69) is 21.1 Å². The normalized spacial score (nSPS) is 23.6. The molecule has 198 valence electrons. The monoisotopic (exact) mass is 528 g/mol. The van der Waals surface area contributed by atoms with Crippen molar-refractivity contribution in [2.75, 3.05) is 32.4 Å². The molecule has 4 heterocycles. The number of hydrogen-bond acceptors (Lipinski definition) is 5. The van der Waals surface area contributed by atoms with Gasteiger partial charge in [-0.15, -0.1) is 0 Å². The van der Waals surface area contributed by atoms with Crippen molar-refractivity contribution in [1.29, 1.82) is 0 Å². The van der Waals surface area contributed by atoms with Crippen LogP contribution in [0.3, 0.4) is 0 Å². The van der Waals surface area contributed by atoms with E-state index < -0.39 is 10.0 Å². The highest BCUT2D eigenvalue weighted by Crippen LogP contribution is 2.46. The highest BCUT2D eigenvalue weighted by Gasteiger charge is 2.38. The van der Waals surface area contributed by atoms with Crippen molar-refractivity contribution in [2.24, 2.45) is 16.6 Å². The third-order valence-corrected chi connectivity index (χ3v) is 8.81. The van der Waals surface area contributed by atoms with Crippen LogP contribution in [0, 0.1) is 11.7 Å². The fourth-order valence-electron chi connectivity index (χ4n) is 5.68. The van der Waals surface area contributed by atoms with Crippen molar-refractivity contribution in [3.8, 4) is 11.3 Å². The Kier molecular flexibility index (Phi) is 7.09. The largest absolute Gasteiger partial charge is 0.487 e. The van der Waals surface area contributed by atoms with Crippen LogP contribution in [0.1, 0.15) is 37.3 Å². The van der Waals surface area contributed by atoms with Crippen molar-refractivity contribution >= 4 is 16.0 Å². The van der Waals surface area contributed by atoms with E-state index in [4.69, 9.17) is 10.5 Å². The Morgan fingerprint density at radius 2 is 2.05 bits per heavy atom. The summed E-state index contributed by atoms with van der Waals surface area (Å²) >= 11 is 0. The van der Waals surface area contributed by atoms with Crippen LogP contribution >= 0.6 is 0 Å². The summed E-state index contributed by atoms with van der Waals surface area (Å²) in [6, 6.07) is 5.17. The number of imidazole rings is 1. The molecule has 9 nitrogen and oxygen atoms in total. The van der Waals surface area contributed by atoms with E-state index in [0.717, 1.165) is 42.5 Å². The Bertz CT molecular complexity index is 1330. The Balaban J connectivity index is 1.22. The number of ether oxygens (including phenoxy) is 1. The van der Waals surface area contributed by atoms with Gasteiger partial charge in [0.2, 0.25) is 10.0 Å². The van der Waals surface area contributed by atoms with Crippen molar-refractivity contribution in [1.82, 2.24) is 18.8 Å². The zero-order valence-corrected chi connectivity index (χ0v) is 21.8. The van der Waals surface area contributed by atoms with Crippen LogP contribution in [-0.2, 0) is 14.8 Å². The first-order valence-corrected chi connectivity index (χ1v) is 14.4. The molecule has 1 aromatic heterocycles. The van der Waals surface area contributed by atoms with Gasteiger partial charge in [0.25, 0.3) is 0 Å². The number of rotatable bonds is 6. The molecule has 11 heteroatoms. The minimum Gasteiger partial charge on any atom is -0.487 e. The average molecular weight is 529 g/mol. The molecule has 2 fully saturated rings. The first-order chi connectivity index (χ1) is 17.8. The molecule has 3 aliphatic rings. The van der Waals surface area contributed by atoms with E-state index in [9.17, 15) is 12.8 Å². The molecule has 0 aliphatic carbocycles.